The largest absolute Gasteiger partial charge is 0.444 e. The molecular weight excluding hydrogens is 324 g/mol. The van der Waals surface area contributed by atoms with Gasteiger partial charge in [0.25, 0.3) is 0 Å². The Morgan fingerprint density at radius 1 is 1.12 bits per heavy atom. The van der Waals surface area contributed by atoms with Gasteiger partial charge < -0.3 is 20.2 Å². The Kier molecular flexibility index (Phi) is 7.96. The lowest BCUT2D eigenvalue weighted by Gasteiger charge is -2.40. The van der Waals surface area contributed by atoms with Crippen molar-refractivity contribution in [3.63, 3.8) is 0 Å². The predicted molar refractivity (Wildman–Crippen MR) is 99.3 cm³/mol. The molecule has 0 aromatic carbocycles. The summed E-state index contributed by atoms with van der Waals surface area (Å²) in [4.78, 5) is 23.2. The lowest BCUT2D eigenvalue weighted by molar-refractivity contribution is -0.118. The molecule has 0 rings (SSSR count). The summed E-state index contributed by atoms with van der Waals surface area (Å²) in [5.74, 6) is -0.398. The molecule has 0 aliphatic heterocycles. The van der Waals surface area contributed by atoms with Crippen molar-refractivity contribution in [3.05, 3.63) is 0 Å². The maximum atomic E-state index is 12.1. The van der Waals surface area contributed by atoms with Crippen LogP contribution in [0.1, 0.15) is 61.3 Å². The summed E-state index contributed by atoms with van der Waals surface area (Å²) in [6.45, 7) is 18.1. The molecule has 2 amide bonds. The average molecular weight is 361 g/mol. The van der Waals surface area contributed by atoms with Crippen molar-refractivity contribution in [1.82, 2.24) is 5.32 Å². The van der Waals surface area contributed by atoms with Gasteiger partial charge in [0.05, 0.1) is 12.1 Å². The molecule has 0 fully saturated rings. The minimum absolute atomic E-state index is 0.0570. The standard InChI is InChI=1S/C17H36N2O4Si/c1-12(23-24(8,9)17(5,6)7)13(10-11-14(18)20)19-15(21)22-16(2,3)4/h12-13H,10-11H2,1-9H3,(H2,18,20)(H,19,21). The maximum absolute atomic E-state index is 12.1. The number of nitrogens with one attached hydrogen (secondary N) is 1. The Labute approximate surface area is 148 Å². The summed E-state index contributed by atoms with van der Waals surface area (Å²) in [6.07, 6.45) is -0.142. The van der Waals surface area contributed by atoms with Gasteiger partial charge in [-0.05, 0) is 52.2 Å². The molecule has 3 N–H and O–H groups in total. The monoisotopic (exact) mass is 360 g/mol. The van der Waals surface area contributed by atoms with E-state index in [-0.39, 0.29) is 23.6 Å². The third-order valence-electron chi connectivity index (χ3n) is 4.26. The molecule has 24 heavy (non-hydrogen) atoms. The number of hydrogen-bond acceptors (Lipinski definition) is 4. The molecule has 2 unspecified atom stereocenters. The van der Waals surface area contributed by atoms with Crippen LogP contribution in [0.3, 0.4) is 0 Å². The zero-order valence-corrected chi connectivity index (χ0v) is 17.8. The number of rotatable bonds is 7. The molecule has 0 heterocycles. The zero-order valence-electron chi connectivity index (χ0n) is 16.8. The van der Waals surface area contributed by atoms with E-state index in [1.807, 2.05) is 6.92 Å². The molecule has 0 radical (unpaired) electrons. The SMILES string of the molecule is CC(O[Si](C)(C)C(C)(C)C)C(CCC(N)=O)NC(=O)OC(C)(C)C. The molecule has 6 nitrogen and oxygen atoms in total. The second kappa shape index (κ2) is 8.34. The Hall–Kier alpha value is -1.08. The minimum Gasteiger partial charge on any atom is -0.444 e. The summed E-state index contributed by atoms with van der Waals surface area (Å²) in [7, 11) is -1.99. The number of carbonyl (C=O) groups excluding carboxylic acids is 2. The molecular formula is C17H36N2O4Si. The topological polar surface area (TPSA) is 90.6 Å². The lowest BCUT2D eigenvalue weighted by atomic mass is 10.1. The number of hydrogen-bond donors (Lipinski definition) is 2. The number of alkyl carbamates (subject to hydrolysis) is 1. The predicted octanol–water partition coefficient (Wildman–Crippen LogP) is 3.56. The van der Waals surface area contributed by atoms with Crippen LogP contribution in [0.5, 0.6) is 0 Å². The van der Waals surface area contributed by atoms with Gasteiger partial charge >= 0.3 is 6.09 Å². The average Bonchev–Trinajstić information content (AvgIpc) is 2.29. The van der Waals surface area contributed by atoms with E-state index in [0.717, 1.165) is 0 Å². The summed E-state index contributed by atoms with van der Waals surface area (Å²) >= 11 is 0. The van der Waals surface area contributed by atoms with E-state index in [2.05, 4.69) is 39.2 Å². The van der Waals surface area contributed by atoms with Crippen LogP contribution < -0.4 is 11.1 Å². The van der Waals surface area contributed by atoms with E-state index in [1.165, 1.54) is 0 Å². The smallest absolute Gasteiger partial charge is 0.407 e. The fourth-order valence-corrected chi connectivity index (χ4v) is 3.35. The first-order chi connectivity index (χ1) is 10.5. The Morgan fingerprint density at radius 3 is 2.00 bits per heavy atom. The third-order valence-corrected chi connectivity index (χ3v) is 8.83. The normalized spacial score (nSPS) is 15.5. The van der Waals surface area contributed by atoms with Crippen LogP contribution >= 0.6 is 0 Å². The van der Waals surface area contributed by atoms with E-state index in [9.17, 15) is 9.59 Å². The molecule has 142 valence electrons. The van der Waals surface area contributed by atoms with Crippen molar-refractivity contribution in [3.8, 4) is 0 Å². The number of amides is 2. The van der Waals surface area contributed by atoms with E-state index in [4.69, 9.17) is 14.9 Å². The Balaban J connectivity index is 5.05. The molecule has 0 aromatic heterocycles. The van der Waals surface area contributed by atoms with E-state index in [1.54, 1.807) is 20.8 Å². The van der Waals surface area contributed by atoms with Gasteiger partial charge in [-0.3, -0.25) is 4.79 Å². The first-order valence-corrected chi connectivity index (χ1v) is 11.4. The van der Waals surface area contributed by atoms with Gasteiger partial charge in [-0.25, -0.2) is 4.79 Å². The van der Waals surface area contributed by atoms with Crippen LogP contribution in [0.15, 0.2) is 0 Å². The Bertz CT molecular complexity index is 439. The van der Waals surface area contributed by atoms with Crippen molar-refractivity contribution in [1.29, 1.82) is 0 Å². The summed E-state index contributed by atoms with van der Waals surface area (Å²) in [5.41, 5.74) is 4.67. The molecule has 0 aliphatic rings. The van der Waals surface area contributed by atoms with E-state index < -0.39 is 25.9 Å². The second-order valence-electron chi connectivity index (χ2n) is 8.84. The minimum atomic E-state index is -1.99. The lowest BCUT2D eigenvalue weighted by Crippen LogP contribution is -2.51. The van der Waals surface area contributed by atoms with Crippen molar-refractivity contribution in [2.24, 2.45) is 5.73 Å². The number of ether oxygens (including phenoxy) is 1. The van der Waals surface area contributed by atoms with Gasteiger partial charge in [0.1, 0.15) is 5.60 Å². The zero-order chi connectivity index (χ0) is 19.3. The number of nitrogens with two attached hydrogens (primary N) is 1. The van der Waals surface area contributed by atoms with Crippen LogP contribution in [-0.2, 0) is 14.0 Å². The highest BCUT2D eigenvalue weighted by Crippen LogP contribution is 2.37. The van der Waals surface area contributed by atoms with Crippen LogP contribution in [0.25, 0.3) is 0 Å². The molecule has 0 saturated heterocycles. The van der Waals surface area contributed by atoms with Crippen molar-refractivity contribution in [2.45, 2.75) is 97.2 Å². The highest BCUT2D eigenvalue weighted by Gasteiger charge is 2.40. The van der Waals surface area contributed by atoms with E-state index >= 15 is 0 Å². The van der Waals surface area contributed by atoms with Crippen LogP contribution in [0, 0.1) is 0 Å². The van der Waals surface area contributed by atoms with E-state index in [0.29, 0.717) is 6.42 Å². The summed E-state index contributed by atoms with van der Waals surface area (Å²) in [6, 6.07) is -0.332. The fourth-order valence-electron chi connectivity index (χ4n) is 1.90. The molecule has 0 aromatic rings. The van der Waals surface area contributed by atoms with Crippen LogP contribution in [-0.4, -0.2) is 38.1 Å². The van der Waals surface area contributed by atoms with Gasteiger partial charge in [-0.1, -0.05) is 20.8 Å². The first-order valence-electron chi connectivity index (χ1n) is 8.51. The van der Waals surface area contributed by atoms with Gasteiger partial charge in [0, 0.05) is 6.42 Å². The molecule has 0 saturated carbocycles. The Morgan fingerprint density at radius 2 is 1.62 bits per heavy atom. The molecule has 0 aliphatic carbocycles. The fraction of sp³-hybridized carbons (Fsp3) is 0.882. The summed E-state index contributed by atoms with van der Waals surface area (Å²) in [5, 5.41) is 2.89. The molecule has 7 heteroatoms. The van der Waals surface area contributed by atoms with Gasteiger partial charge in [-0.2, -0.15) is 0 Å². The van der Waals surface area contributed by atoms with Crippen molar-refractivity contribution >= 4 is 20.3 Å². The van der Waals surface area contributed by atoms with Crippen LogP contribution in [0.4, 0.5) is 4.79 Å². The van der Waals surface area contributed by atoms with Crippen molar-refractivity contribution in [2.75, 3.05) is 0 Å². The second-order valence-corrected chi connectivity index (χ2v) is 13.6. The molecule has 2 atom stereocenters. The molecule has 0 spiro atoms. The van der Waals surface area contributed by atoms with Crippen molar-refractivity contribution < 1.29 is 18.8 Å². The van der Waals surface area contributed by atoms with Gasteiger partial charge in [-0.15, -0.1) is 0 Å². The van der Waals surface area contributed by atoms with Crippen LogP contribution in [0.2, 0.25) is 18.1 Å². The highest BCUT2D eigenvalue weighted by atomic mass is 28.4. The third kappa shape index (κ3) is 8.68. The highest BCUT2D eigenvalue weighted by molar-refractivity contribution is 6.74. The number of primary amides is 1. The molecule has 0 bridgehead atoms. The van der Waals surface area contributed by atoms with Gasteiger partial charge in [0.15, 0.2) is 8.32 Å². The number of carbonyl (C=O) groups is 2. The van der Waals surface area contributed by atoms with Gasteiger partial charge in [0.2, 0.25) is 5.91 Å². The quantitative estimate of drug-likeness (QED) is 0.679. The first kappa shape index (κ1) is 22.9. The maximum Gasteiger partial charge on any atom is 0.407 e. The summed E-state index contributed by atoms with van der Waals surface area (Å²) < 4.78 is 11.7.